The number of hydrogen-bond acceptors (Lipinski definition) is 4. The fourth-order valence-electron chi connectivity index (χ4n) is 2.71. The van der Waals surface area contributed by atoms with Crippen LogP contribution in [0.4, 0.5) is 0 Å². The quantitative estimate of drug-likeness (QED) is 0.668. The van der Waals surface area contributed by atoms with E-state index in [1.807, 2.05) is 0 Å². The third-order valence-electron chi connectivity index (χ3n) is 3.95. The smallest absolute Gasteiger partial charge is 0.262 e. The Bertz CT molecular complexity index is 624. The van der Waals surface area contributed by atoms with Gasteiger partial charge in [-0.1, -0.05) is 19.8 Å². The Morgan fingerprint density at radius 3 is 2.67 bits per heavy atom. The van der Waals surface area contributed by atoms with Crippen LogP contribution in [0.3, 0.4) is 0 Å². The third kappa shape index (κ3) is 4.44. The minimum atomic E-state index is -3.79. The fraction of sp³-hybridized carbons (Fsp3) is 0.643. The topological polar surface area (TPSA) is 63.2 Å². The van der Waals surface area contributed by atoms with Crippen LogP contribution in [0, 0.1) is 12.8 Å². The van der Waals surface area contributed by atoms with Gasteiger partial charge in [0.1, 0.15) is 0 Å². The minimum absolute atomic E-state index is 0.0359. The Labute approximate surface area is 134 Å². The van der Waals surface area contributed by atoms with Gasteiger partial charge in [-0.3, -0.25) is 4.79 Å². The fourth-order valence-corrected chi connectivity index (χ4v) is 5.27. The molecule has 1 amide bonds. The van der Waals surface area contributed by atoms with E-state index in [2.05, 4.69) is 12.2 Å². The molecule has 0 aliphatic heterocycles. The summed E-state index contributed by atoms with van der Waals surface area (Å²) >= 11 is 1.17. The molecule has 0 bridgehead atoms. The van der Waals surface area contributed by atoms with Crippen molar-refractivity contribution in [3.63, 3.8) is 0 Å². The molecular weight excluding hydrogens is 330 g/mol. The number of thiophene rings is 1. The first-order valence-corrected chi connectivity index (χ1v) is 10.3. The van der Waals surface area contributed by atoms with Crippen LogP contribution in [0.5, 0.6) is 0 Å². The molecule has 0 spiro atoms. The summed E-state index contributed by atoms with van der Waals surface area (Å²) in [5.41, 5.74) is 0. The summed E-state index contributed by atoms with van der Waals surface area (Å²) in [6.07, 6.45) is 5.42. The Hall–Kier alpha value is -0.590. The van der Waals surface area contributed by atoms with E-state index in [0.29, 0.717) is 15.7 Å². The van der Waals surface area contributed by atoms with E-state index in [0.717, 1.165) is 25.7 Å². The maximum atomic E-state index is 12.3. The summed E-state index contributed by atoms with van der Waals surface area (Å²) in [4.78, 5) is 13.2. The van der Waals surface area contributed by atoms with Crippen molar-refractivity contribution in [1.82, 2.24) is 5.32 Å². The molecule has 2 rings (SSSR count). The molecular formula is C14H20ClNO3S2. The monoisotopic (exact) mass is 349 g/mol. The number of amides is 1. The number of rotatable bonds is 3. The number of nitrogens with one attached hydrogen (secondary N) is 1. The van der Waals surface area contributed by atoms with Crippen molar-refractivity contribution in [3.8, 4) is 0 Å². The van der Waals surface area contributed by atoms with Crippen LogP contribution in [0.25, 0.3) is 0 Å². The molecule has 2 unspecified atom stereocenters. The maximum absolute atomic E-state index is 12.3. The summed E-state index contributed by atoms with van der Waals surface area (Å²) in [6.45, 7) is 3.90. The van der Waals surface area contributed by atoms with Crippen LogP contribution >= 0.6 is 22.0 Å². The molecule has 21 heavy (non-hydrogen) atoms. The molecule has 2 atom stereocenters. The second-order valence-corrected chi connectivity index (χ2v) is 9.54. The lowest BCUT2D eigenvalue weighted by atomic mass is 10.0. The lowest BCUT2D eigenvalue weighted by molar-refractivity contribution is 0.0937. The van der Waals surface area contributed by atoms with E-state index in [1.54, 1.807) is 6.92 Å². The minimum Gasteiger partial charge on any atom is -0.349 e. The zero-order chi connectivity index (χ0) is 15.6. The van der Waals surface area contributed by atoms with Gasteiger partial charge in [0.2, 0.25) is 0 Å². The summed E-state index contributed by atoms with van der Waals surface area (Å²) in [5, 5.41) is 3.02. The summed E-state index contributed by atoms with van der Waals surface area (Å²) in [7, 11) is 1.57. The molecule has 1 saturated carbocycles. The Morgan fingerprint density at radius 1 is 1.33 bits per heavy atom. The van der Waals surface area contributed by atoms with Crippen LogP contribution in [-0.2, 0) is 9.05 Å². The van der Waals surface area contributed by atoms with Gasteiger partial charge in [-0.25, -0.2) is 8.42 Å². The van der Waals surface area contributed by atoms with Gasteiger partial charge in [-0.2, -0.15) is 0 Å². The lowest BCUT2D eigenvalue weighted by Crippen LogP contribution is -2.34. The average molecular weight is 350 g/mol. The average Bonchev–Trinajstić information content (AvgIpc) is 2.66. The first-order valence-electron chi connectivity index (χ1n) is 7.13. The molecule has 1 aliphatic carbocycles. The first kappa shape index (κ1) is 16.8. The first-order chi connectivity index (χ1) is 9.77. The van der Waals surface area contributed by atoms with Crippen LogP contribution < -0.4 is 5.32 Å². The van der Waals surface area contributed by atoms with Crippen LogP contribution in [0.2, 0.25) is 0 Å². The van der Waals surface area contributed by atoms with Crippen LogP contribution in [0.1, 0.15) is 53.6 Å². The molecule has 4 nitrogen and oxygen atoms in total. The predicted molar refractivity (Wildman–Crippen MR) is 85.6 cm³/mol. The van der Waals surface area contributed by atoms with E-state index < -0.39 is 9.05 Å². The van der Waals surface area contributed by atoms with E-state index in [9.17, 15) is 13.2 Å². The highest BCUT2D eigenvalue weighted by atomic mass is 35.7. The molecule has 0 aromatic carbocycles. The van der Waals surface area contributed by atoms with Gasteiger partial charge in [0.25, 0.3) is 15.0 Å². The molecule has 7 heteroatoms. The van der Waals surface area contributed by atoms with E-state index in [4.69, 9.17) is 10.7 Å². The maximum Gasteiger partial charge on any atom is 0.262 e. The largest absolute Gasteiger partial charge is 0.349 e. The Morgan fingerprint density at radius 2 is 2.05 bits per heavy atom. The zero-order valence-electron chi connectivity index (χ0n) is 12.2. The lowest BCUT2D eigenvalue weighted by Gasteiger charge is -2.15. The van der Waals surface area contributed by atoms with Gasteiger partial charge in [-0.05, 0) is 38.2 Å². The summed E-state index contributed by atoms with van der Waals surface area (Å²) in [5.74, 6) is 0.512. The van der Waals surface area contributed by atoms with Gasteiger partial charge >= 0.3 is 0 Å². The van der Waals surface area contributed by atoms with Crippen molar-refractivity contribution in [2.45, 2.75) is 56.9 Å². The van der Waals surface area contributed by atoms with Gasteiger partial charge in [-0.15, -0.1) is 11.3 Å². The van der Waals surface area contributed by atoms with Gasteiger partial charge < -0.3 is 5.32 Å². The number of carbonyl (C=O) groups is 1. The molecule has 1 aromatic rings. The van der Waals surface area contributed by atoms with Crippen molar-refractivity contribution in [1.29, 1.82) is 0 Å². The van der Waals surface area contributed by atoms with Crippen molar-refractivity contribution in [2.24, 2.45) is 5.92 Å². The molecule has 1 N–H and O–H groups in total. The molecule has 0 saturated heterocycles. The highest BCUT2D eigenvalue weighted by molar-refractivity contribution is 8.13. The van der Waals surface area contributed by atoms with Crippen LogP contribution in [-0.4, -0.2) is 20.4 Å². The molecule has 1 heterocycles. The molecule has 1 aliphatic rings. The van der Waals surface area contributed by atoms with Crippen LogP contribution in [0.15, 0.2) is 11.0 Å². The van der Waals surface area contributed by atoms with Crippen molar-refractivity contribution >= 4 is 37.0 Å². The number of carbonyl (C=O) groups excluding carboxylic acids is 1. The van der Waals surface area contributed by atoms with E-state index in [1.165, 1.54) is 23.8 Å². The standard InChI is InChI=1S/C14H20ClNO3S2/c1-9-4-3-5-11(7-6-9)16-14(17)12-8-13(10(2)20-12)21(15,18)19/h8-9,11H,3-7H2,1-2H3,(H,16,17). The molecule has 118 valence electrons. The highest BCUT2D eigenvalue weighted by Crippen LogP contribution is 2.29. The summed E-state index contributed by atoms with van der Waals surface area (Å²) in [6, 6.07) is 1.55. The van der Waals surface area contributed by atoms with Crippen molar-refractivity contribution in [2.75, 3.05) is 0 Å². The second kappa shape index (κ2) is 6.67. The normalized spacial score (nSPS) is 23.6. The van der Waals surface area contributed by atoms with Crippen molar-refractivity contribution in [3.05, 3.63) is 15.8 Å². The second-order valence-electron chi connectivity index (χ2n) is 5.75. The molecule has 1 aromatic heterocycles. The molecule has 1 fully saturated rings. The zero-order valence-corrected chi connectivity index (χ0v) is 14.6. The van der Waals surface area contributed by atoms with Gasteiger partial charge in [0.15, 0.2) is 0 Å². The van der Waals surface area contributed by atoms with E-state index in [-0.39, 0.29) is 16.8 Å². The number of halogens is 1. The van der Waals surface area contributed by atoms with Crippen molar-refractivity contribution < 1.29 is 13.2 Å². The number of hydrogen-bond donors (Lipinski definition) is 1. The predicted octanol–water partition coefficient (Wildman–Crippen LogP) is 3.68. The number of aryl methyl sites for hydroxylation is 1. The highest BCUT2D eigenvalue weighted by Gasteiger charge is 2.23. The van der Waals surface area contributed by atoms with E-state index >= 15 is 0 Å². The SMILES string of the molecule is Cc1sc(C(=O)NC2CCCC(C)CC2)cc1S(=O)(=O)Cl. The third-order valence-corrected chi connectivity index (χ3v) is 6.58. The Balaban J connectivity index is 2.07. The Kier molecular flexibility index (Phi) is 5.33. The summed E-state index contributed by atoms with van der Waals surface area (Å²) < 4.78 is 22.8. The van der Waals surface area contributed by atoms with Gasteiger partial charge in [0.05, 0.1) is 9.77 Å². The van der Waals surface area contributed by atoms with Gasteiger partial charge in [0, 0.05) is 21.6 Å². The molecule has 0 radical (unpaired) electrons.